The van der Waals surface area contributed by atoms with Gasteiger partial charge in [-0.05, 0) is 69.6 Å². The minimum absolute atomic E-state index is 0.338. The van der Waals surface area contributed by atoms with Crippen molar-refractivity contribution in [3.63, 3.8) is 0 Å². The van der Waals surface area contributed by atoms with Gasteiger partial charge in [-0.2, -0.15) is 0 Å². The molecule has 1 aliphatic heterocycles. The monoisotopic (exact) mass is 422 g/mol. The van der Waals surface area contributed by atoms with Crippen LogP contribution < -0.4 is 5.32 Å². The van der Waals surface area contributed by atoms with Crippen molar-refractivity contribution in [3.8, 4) is 11.4 Å². The molecule has 1 N–H and O–H groups in total. The van der Waals surface area contributed by atoms with Crippen molar-refractivity contribution in [3.05, 3.63) is 66.7 Å². The molecule has 6 rings (SSSR count). The molecule has 1 aliphatic rings. The molecule has 5 aromatic rings. The molecule has 2 unspecified atom stereocenters. The number of imidazole rings is 1. The van der Waals surface area contributed by atoms with Gasteiger partial charge < -0.3 is 14.5 Å². The number of hydrogen-bond acceptors (Lipinski definition) is 2. The molecule has 2 aromatic heterocycles. The quantitative estimate of drug-likeness (QED) is 0.357. The molecule has 3 aromatic carbocycles. The number of aryl methyl sites for hydroxylation is 1. The zero-order valence-electron chi connectivity index (χ0n) is 18.9. The van der Waals surface area contributed by atoms with Gasteiger partial charge in [-0.25, -0.2) is 4.98 Å². The minimum atomic E-state index is 0.338. The topological polar surface area (TPSA) is 34.8 Å². The first-order valence-electron chi connectivity index (χ1n) is 12.0. The molecule has 0 radical (unpaired) electrons. The standard InChI is InChI=1S/C28H30N4/c1-3-31-25-13-6-4-10-21(25)22-18-20(15-16-26(22)31)28-30-24-12-5-7-14-27(24)32(28)19(2)23-11-8-9-17-29-23/h4-7,10,12-16,18-19,23,29H,3,8-9,11,17H2,1-2H3. The van der Waals surface area contributed by atoms with E-state index >= 15 is 0 Å². The number of piperidine rings is 1. The van der Waals surface area contributed by atoms with Crippen molar-refractivity contribution in [2.45, 2.75) is 51.7 Å². The molecule has 162 valence electrons. The van der Waals surface area contributed by atoms with E-state index in [0.29, 0.717) is 12.1 Å². The molecule has 0 spiro atoms. The molecule has 0 saturated carbocycles. The van der Waals surface area contributed by atoms with Crippen molar-refractivity contribution >= 4 is 32.8 Å². The second kappa shape index (κ2) is 7.79. The molecule has 4 nitrogen and oxygen atoms in total. The van der Waals surface area contributed by atoms with Gasteiger partial charge in [-0.15, -0.1) is 0 Å². The van der Waals surface area contributed by atoms with Gasteiger partial charge in [0.25, 0.3) is 0 Å². The lowest BCUT2D eigenvalue weighted by Crippen LogP contribution is -2.40. The number of hydrogen-bond donors (Lipinski definition) is 1. The number of benzene rings is 3. The zero-order valence-corrected chi connectivity index (χ0v) is 18.9. The summed E-state index contributed by atoms with van der Waals surface area (Å²) in [6, 6.07) is 25.0. The van der Waals surface area contributed by atoms with Crippen LogP contribution in [0.25, 0.3) is 44.2 Å². The maximum Gasteiger partial charge on any atom is 0.141 e. The van der Waals surface area contributed by atoms with Crippen LogP contribution in [0.2, 0.25) is 0 Å². The van der Waals surface area contributed by atoms with E-state index in [1.54, 1.807) is 0 Å². The fourth-order valence-electron chi connectivity index (χ4n) is 5.66. The highest BCUT2D eigenvalue weighted by Gasteiger charge is 2.25. The molecule has 32 heavy (non-hydrogen) atoms. The summed E-state index contributed by atoms with van der Waals surface area (Å²) in [5, 5.41) is 6.39. The molecule has 0 bridgehead atoms. The summed E-state index contributed by atoms with van der Waals surface area (Å²) in [5.41, 5.74) is 6.08. The molecule has 1 saturated heterocycles. The van der Waals surface area contributed by atoms with Crippen LogP contribution in [-0.4, -0.2) is 26.7 Å². The molecular formula is C28H30N4. The lowest BCUT2D eigenvalue weighted by atomic mass is 9.98. The van der Waals surface area contributed by atoms with Gasteiger partial charge in [-0.3, -0.25) is 0 Å². The van der Waals surface area contributed by atoms with Crippen molar-refractivity contribution in [1.82, 2.24) is 19.4 Å². The van der Waals surface area contributed by atoms with Crippen molar-refractivity contribution in [2.24, 2.45) is 0 Å². The van der Waals surface area contributed by atoms with E-state index in [0.717, 1.165) is 24.4 Å². The van der Waals surface area contributed by atoms with Gasteiger partial charge in [0.2, 0.25) is 0 Å². The number of para-hydroxylation sites is 3. The third-order valence-electron chi connectivity index (χ3n) is 7.28. The van der Waals surface area contributed by atoms with E-state index in [2.05, 4.69) is 95.0 Å². The van der Waals surface area contributed by atoms with E-state index in [1.165, 1.54) is 52.1 Å². The van der Waals surface area contributed by atoms with Gasteiger partial charge in [0.05, 0.1) is 11.0 Å². The molecule has 0 amide bonds. The summed E-state index contributed by atoms with van der Waals surface area (Å²) in [6.45, 7) is 6.64. The van der Waals surface area contributed by atoms with E-state index < -0.39 is 0 Å². The summed E-state index contributed by atoms with van der Waals surface area (Å²) in [5.74, 6) is 1.07. The highest BCUT2D eigenvalue weighted by Crippen LogP contribution is 2.35. The van der Waals surface area contributed by atoms with Crippen LogP contribution in [0, 0.1) is 0 Å². The second-order valence-electron chi connectivity index (χ2n) is 9.08. The Labute approximate surface area is 188 Å². The molecule has 1 fully saturated rings. The SMILES string of the molecule is CCn1c2ccccc2c2cc(-c3nc4ccccc4n3C(C)C3CCCCN3)ccc21. The molecular weight excluding hydrogens is 392 g/mol. The average Bonchev–Trinajstić information content (AvgIpc) is 3.39. The normalized spacial score (nSPS) is 18.0. The van der Waals surface area contributed by atoms with Crippen LogP contribution >= 0.6 is 0 Å². The molecule has 0 aliphatic carbocycles. The number of nitrogens with one attached hydrogen (secondary N) is 1. The van der Waals surface area contributed by atoms with E-state index in [1.807, 2.05) is 0 Å². The van der Waals surface area contributed by atoms with Crippen molar-refractivity contribution < 1.29 is 0 Å². The predicted octanol–water partition coefficient (Wildman–Crippen LogP) is 6.53. The van der Waals surface area contributed by atoms with E-state index in [-0.39, 0.29) is 0 Å². The average molecular weight is 423 g/mol. The van der Waals surface area contributed by atoms with Crippen LogP contribution in [0.4, 0.5) is 0 Å². The first-order chi connectivity index (χ1) is 15.8. The van der Waals surface area contributed by atoms with Gasteiger partial charge >= 0.3 is 0 Å². The highest BCUT2D eigenvalue weighted by molar-refractivity contribution is 6.09. The van der Waals surface area contributed by atoms with Crippen LogP contribution in [0.1, 0.15) is 39.2 Å². The van der Waals surface area contributed by atoms with E-state index in [9.17, 15) is 0 Å². The smallest absolute Gasteiger partial charge is 0.141 e. The Morgan fingerprint density at radius 2 is 1.72 bits per heavy atom. The summed E-state index contributed by atoms with van der Waals surface area (Å²) in [4.78, 5) is 5.14. The number of rotatable bonds is 4. The first-order valence-corrected chi connectivity index (χ1v) is 12.0. The summed E-state index contributed by atoms with van der Waals surface area (Å²) in [6.07, 6.45) is 3.79. The van der Waals surface area contributed by atoms with Crippen LogP contribution in [0.3, 0.4) is 0 Å². The summed E-state index contributed by atoms with van der Waals surface area (Å²) in [7, 11) is 0. The lowest BCUT2D eigenvalue weighted by molar-refractivity contribution is 0.314. The fourth-order valence-corrected chi connectivity index (χ4v) is 5.66. The second-order valence-corrected chi connectivity index (χ2v) is 9.08. The fraction of sp³-hybridized carbons (Fsp3) is 0.321. The van der Waals surface area contributed by atoms with E-state index in [4.69, 9.17) is 4.98 Å². The predicted molar refractivity (Wildman–Crippen MR) is 134 cm³/mol. The number of nitrogens with zero attached hydrogens (tertiary/aromatic N) is 3. The van der Waals surface area contributed by atoms with Gasteiger partial charge in [0.15, 0.2) is 0 Å². The summed E-state index contributed by atoms with van der Waals surface area (Å²) < 4.78 is 4.88. The molecule has 4 heteroatoms. The van der Waals surface area contributed by atoms with Crippen LogP contribution in [0.5, 0.6) is 0 Å². The Morgan fingerprint density at radius 3 is 2.53 bits per heavy atom. The third-order valence-corrected chi connectivity index (χ3v) is 7.28. The molecule has 2 atom stereocenters. The highest BCUT2D eigenvalue weighted by atomic mass is 15.1. The lowest BCUT2D eigenvalue weighted by Gasteiger charge is -2.31. The number of aromatic nitrogens is 3. The van der Waals surface area contributed by atoms with Gasteiger partial charge in [-0.1, -0.05) is 36.8 Å². The van der Waals surface area contributed by atoms with Crippen molar-refractivity contribution in [2.75, 3.05) is 6.54 Å². The van der Waals surface area contributed by atoms with Crippen LogP contribution in [-0.2, 0) is 6.54 Å². The Bertz CT molecular complexity index is 1420. The Morgan fingerprint density at radius 1 is 0.938 bits per heavy atom. The molecule has 3 heterocycles. The van der Waals surface area contributed by atoms with Gasteiger partial charge in [0.1, 0.15) is 5.82 Å². The van der Waals surface area contributed by atoms with Crippen LogP contribution in [0.15, 0.2) is 66.7 Å². The maximum absolute atomic E-state index is 5.14. The van der Waals surface area contributed by atoms with Gasteiger partial charge in [0, 0.05) is 46.0 Å². The number of fused-ring (bicyclic) bond motifs is 4. The van der Waals surface area contributed by atoms with Crippen molar-refractivity contribution in [1.29, 1.82) is 0 Å². The minimum Gasteiger partial charge on any atom is -0.341 e. The zero-order chi connectivity index (χ0) is 21.7. The summed E-state index contributed by atoms with van der Waals surface area (Å²) >= 11 is 0. The Hall–Kier alpha value is -3.11. The third kappa shape index (κ3) is 2.97. The Kier molecular flexibility index (Phi) is 4.76. The maximum atomic E-state index is 5.14. The first kappa shape index (κ1) is 19.6. The Balaban J connectivity index is 1.57. The largest absolute Gasteiger partial charge is 0.341 e.